The van der Waals surface area contributed by atoms with Crippen LogP contribution >= 0.6 is 0 Å². The molecule has 1 aromatic heterocycles. The zero-order chi connectivity index (χ0) is 20.2. The number of benzene rings is 3. The number of aromatic nitrogens is 1. The van der Waals surface area contributed by atoms with Gasteiger partial charge in [-0.05, 0) is 47.9 Å². The summed E-state index contributed by atoms with van der Waals surface area (Å²) in [6, 6.07) is 27.0. The van der Waals surface area contributed by atoms with Crippen molar-refractivity contribution < 1.29 is 14.3 Å². The van der Waals surface area contributed by atoms with Gasteiger partial charge in [-0.25, -0.2) is 4.79 Å². The lowest BCUT2D eigenvalue weighted by molar-refractivity contribution is -0.142. The molecule has 3 aromatic carbocycles. The molecule has 0 radical (unpaired) electrons. The quantitative estimate of drug-likeness (QED) is 0.428. The van der Waals surface area contributed by atoms with Gasteiger partial charge in [0.05, 0.1) is 12.6 Å². The van der Waals surface area contributed by atoms with Crippen molar-refractivity contribution in [3.05, 3.63) is 90.1 Å². The Morgan fingerprint density at radius 2 is 1.66 bits per heavy atom. The summed E-state index contributed by atoms with van der Waals surface area (Å²) in [5.74, 6) is 0.295. The van der Waals surface area contributed by atoms with E-state index in [1.165, 1.54) is 23.8 Å². The van der Waals surface area contributed by atoms with E-state index in [2.05, 4.69) is 76.9 Å². The molecular weight excluding hydrogens is 362 g/mol. The molecule has 0 spiro atoms. The van der Waals surface area contributed by atoms with Crippen molar-refractivity contribution in [3.8, 4) is 16.9 Å². The highest BCUT2D eigenvalue weighted by Crippen LogP contribution is 2.30. The van der Waals surface area contributed by atoms with Crippen LogP contribution < -0.4 is 4.74 Å². The molecule has 4 heteroatoms. The molecule has 29 heavy (non-hydrogen) atoms. The second-order valence-electron chi connectivity index (χ2n) is 6.99. The number of fused-ring (bicyclic) bond motifs is 1. The molecule has 0 saturated heterocycles. The second-order valence-corrected chi connectivity index (χ2v) is 6.99. The maximum absolute atomic E-state index is 11.4. The van der Waals surface area contributed by atoms with Gasteiger partial charge in [-0.1, -0.05) is 54.6 Å². The third kappa shape index (κ3) is 4.02. The highest BCUT2D eigenvalue weighted by Gasteiger charge is 2.12. The first-order chi connectivity index (χ1) is 14.2. The zero-order valence-corrected chi connectivity index (χ0v) is 16.6. The summed E-state index contributed by atoms with van der Waals surface area (Å²) in [6.45, 7) is 2.75. The molecule has 1 heterocycles. The Morgan fingerprint density at radius 3 is 2.45 bits per heavy atom. The summed E-state index contributed by atoms with van der Waals surface area (Å²) in [4.78, 5) is 11.4. The Bertz CT molecular complexity index is 1150. The van der Waals surface area contributed by atoms with Gasteiger partial charge in [0.25, 0.3) is 0 Å². The van der Waals surface area contributed by atoms with Crippen LogP contribution in [0.4, 0.5) is 0 Å². The van der Waals surface area contributed by atoms with E-state index in [0.29, 0.717) is 5.75 Å². The molecule has 0 aliphatic carbocycles. The Balaban J connectivity index is 1.65. The van der Waals surface area contributed by atoms with Gasteiger partial charge in [0.15, 0.2) is 6.61 Å². The molecule has 146 valence electrons. The molecule has 4 aromatic rings. The van der Waals surface area contributed by atoms with Crippen LogP contribution in [0, 0.1) is 6.92 Å². The monoisotopic (exact) mass is 385 g/mol. The van der Waals surface area contributed by atoms with Crippen LogP contribution in [0.3, 0.4) is 0 Å². The minimum atomic E-state index is -0.393. The smallest absolute Gasteiger partial charge is 0.343 e. The largest absolute Gasteiger partial charge is 0.481 e. The standard InChI is InChI=1S/C25H23NO3/c1-18-14-22-23(12-7-13-24(22)29-17-25(27)28-2)26(18)16-19-8-6-11-21(15-19)20-9-4-3-5-10-20/h3-15H,16-17H2,1-2H3. The van der Waals surface area contributed by atoms with Crippen molar-refractivity contribution in [2.75, 3.05) is 13.7 Å². The summed E-state index contributed by atoms with van der Waals surface area (Å²) in [5.41, 5.74) is 5.86. The molecule has 0 atom stereocenters. The maximum atomic E-state index is 11.4. The van der Waals surface area contributed by atoms with Crippen LogP contribution in [0.25, 0.3) is 22.0 Å². The molecule has 0 unspecified atom stereocenters. The number of rotatable bonds is 6. The van der Waals surface area contributed by atoms with Crippen molar-refractivity contribution in [1.29, 1.82) is 0 Å². The number of hydrogen-bond acceptors (Lipinski definition) is 3. The first-order valence-electron chi connectivity index (χ1n) is 9.58. The fourth-order valence-electron chi connectivity index (χ4n) is 3.58. The molecule has 0 bridgehead atoms. The number of ether oxygens (including phenoxy) is 2. The molecule has 0 N–H and O–H groups in total. The van der Waals surface area contributed by atoms with E-state index in [-0.39, 0.29) is 6.61 Å². The summed E-state index contributed by atoms with van der Waals surface area (Å²) < 4.78 is 12.6. The van der Waals surface area contributed by atoms with Gasteiger partial charge in [0, 0.05) is 17.6 Å². The summed E-state index contributed by atoms with van der Waals surface area (Å²) >= 11 is 0. The van der Waals surface area contributed by atoms with Crippen LogP contribution in [-0.4, -0.2) is 24.3 Å². The van der Waals surface area contributed by atoms with Gasteiger partial charge in [0.1, 0.15) is 5.75 Å². The molecule has 0 saturated carbocycles. The normalized spacial score (nSPS) is 10.8. The summed E-state index contributed by atoms with van der Waals surface area (Å²) in [5, 5.41) is 0.994. The summed E-state index contributed by atoms with van der Waals surface area (Å²) in [7, 11) is 1.36. The Morgan fingerprint density at radius 1 is 0.897 bits per heavy atom. The average Bonchev–Trinajstić information content (AvgIpc) is 3.08. The zero-order valence-electron chi connectivity index (χ0n) is 16.6. The van der Waals surface area contributed by atoms with Crippen LogP contribution in [0.5, 0.6) is 5.75 Å². The van der Waals surface area contributed by atoms with Gasteiger partial charge in [-0.15, -0.1) is 0 Å². The van der Waals surface area contributed by atoms with Crippen LogP contribution in [0.2, 0.25) is 0 Å². The van der Waals surface area contributed by atoms with Crippen LogP contribution in [0.15, 0.2) is 78.9 Å². The molecular formula is C25H23NO3. The molecule has 0 fully saturated rings. The van der Waals surface area contributed by atoms with Crippen molar-refractivity contribution in [3.63, 3.8) is 0 Å². The predicted octanol–water partition coefficient (Wildman–Crippen LogP) is 5.22. The minimum Gasteiger partial charge on any atom is -0.481 e. The SMILES string of the molecule is COC(=O)COc1cccc2c1cc(C)n2Cc1cccc(-c2ccccc2)c1. The van der Waals surface area contributed by atoms with Crippen molar-refractivity contribution in [1.82, 2.24) is 4.57 Å². The van der Waals surface area contributed by atoms with Gasteiger partial charge in [-0.3, -0.25) is 0 Å². The molecule has 0 aliphatic heterocycles. The molecule has 0 aliphatic rings. The predicted molar refractivity (Wildman–Crippen MR) is 115 cm³/mol. The fraction of sp³-hybridized carbons (Fsp3) is 0.160. The molecule has 0 amide bonds. The number of aryl methyl sites for hydroxylation is 1. The van der Waals surface area contributed by atoms with Crippen molar-refractivity contribution in [2.45, 2.75) is 13.5 Å². The first-order valence-corrected chi connectivity index (χ1v) is 9.58. The lowest BCUT2D eigenvalue weighted by Gasteiger charge is -2.11. The number of esters is 1. The topological polar surface area (TPSA) is 40.5 Å². The third-order valence-electron chi connectivity index (χ3n) is 5.06. The molecule has 4 rings (SSSR count). The third-order valence-corrected chi connectivity index (χ3v) is 5.06. The van der Waals surface area contributed by atoms with Gasteiger partial charge < -0.3 is 14.0 Å². The van der Waals surface area contributed by atoms with E-state index >= 15 is 0 Å². The van der Waals surface area contributed by atoms with E-state index in [1.54, 1.807) is 0 Å². The Kier molecular flexibility index (Phi) is 5.34. The average molecular weight is 385 g/mol. The minimum absolute atomic E-state index is 0.0983. The lowest BCUT2D eigenvalue weighted by atomic mass is 10.0. The first kappa shape index (κ1) is 18.8. The number of nitrogens with zero attached hydrogens (tertiary/aromatic N) is 1. The van der Waals surface area contributed by atoms with Crippen LogP contribution in [0.1, 0.15) is 11.3 Å². The van der Waals surface area contributed by atoms with E-state index in [9.17, 15) is 4.79 Å². The van der Waals surface area contributed by atoms with E-state index in [1.807, 2.05) is 18.2 Å². The molecule has 4 nitrogen and oxygen atoms in total. The number of methoxy groups -OCH3 is 1. The van der Waals surface area contributed by atoms with Gasteiger partial charge in [-0.2, -0.15) is 0 Å². The van der Waals surface area contributed by atoms with Gasteiger partial charge in [0.2, 0.25) is 0 Å². The Hall–Kier alpha value is -3.53. The lowest BCUT2D eigenvalue weighted by Crippen LogP contribution is -2.12. The van der Waals surface area contributed by atoms with E-state index in [4.69, 9.17) is 4.74 Å². The summed E-state index contributed by atoms with van der Waals surface area (Å²) in [6.07, 6.45) is 0. The van der Waals surface area contributed by atoms with Crippen molar-refractivity contribution >= 4 is 16.9 Å². The fourth-order valence-corrected chi connectivity index (χ4v) is 3.58. The number of hydrogen-bond donors (Lipinski definition) is 0. The maximum Gasteiger partial charge on any atom is 0.343 e. The van der Waals surface area contributed by atoms with E-state index in [0.717, 1.165) is 23.1 Å². The highest BCUT2D eigenvalue weighted by molar-refractivity contribution is 5.88. The Labute approximate surface area is 170 Å². The van der Waals surface area contributed by atoms with Crippen LogP contribution in [-0.2, 0) is 16.1 Å². The highest BCUT2D eigenvalue weighted by atomic mass is 16.6. The van der Waals surface area contributed by atoms with Gasteiger partial charge >= 0.3 is 5.97 Å². The van der Waals surface area contributed by atoms with Crippen molar-refractivity contribution in [2.24, 2.45) is 0 Å². The second kappa shape index (κ2) is 8.23. The van der Waals surface area contributed by atoms with E-state index < -0.39 is 5.97 Å². The number of carbonyl (C=O) groups is 1. The number of carbonyl (C=O) groups excluding carboxylic acids is 1.